The monoisotopic (exact) mass is 676 g/mol. The van der Waals surface area contributed by atoms with Crippen LogP contribution in [0.4, 0.5) is 11.5 Å². The van der Waals surface area contributed by atoms with Gasteiger partial charge in [0.2, 0.25) is 11.7 Å². The average Bonchev–Trinajstić information content (AvgIpc) is 3.77. The Hall–Kier alpha value is -5.17. The van der Waals surface area contributed by atoms with E-state index in [0.29, 0.717) is 56.3 Å². The fraction of sp³-hybridized carbons (Fsp3) is 0.389. The van der Waals surface area contributed by atoms with Gasteiger partial charge in [-0.05, 0) is 50.4 Å². The van der Waals surface area contributed by atoms with E-state index in [1.54, 1.807) is 11.1 Å². The Morgan fingerprint density at radius 1 is 1.08 bits per heavy atom. The zero-order valence-electron chi connectivity index (χ0n) is 27.4. The number of likely N-dealkylation sites (tertiary alicyclic amines) is 1. The summed E-state index contributed by atoms with van der Waals surface area (Å²) in [5, 5.41) is 21.8. The van der Waals surface area contributed by atoms with Crippen LogP contribution in [-0.2, 0) is 17.8 Å². The first-order chi connectivity index (χ1) is 23.9. The molecule has 49 heavy (non-hydrogen) atoms. The Labute approximate surface area is 290 Å². The fourth-order valence-electron chi connectivity index (χ4n) is 7.20. The highest BCUT2D eigenvalue weighted by Gasteiger charge is 2.34. The number of halogens is 1. The van der Waals surface area contributed by atoms with Crippen molar-refractivity contribution in [2.75, 3.05) is 56.2 Å². The van der Waals surface area contributed by atoms with Gasteiger partial charge in [-0.15, -0.1) is 0 Å². The average molecular weight is 677 g/mol. The van der Waals surface area contributed by atoms with Crippen LogP contribution in [-0.4, -0.2) is 93.7 Å². The molecule has 2 aromatic carbocycles. The van der Waals surface area contributed by atoms with E-state index in [2.05, 4.69) is 57.1 Å². The molecular formula is C36H37ClN10O2. The van der Waals surface area contributed by atoms with Gasteiger partial charge in [0.05, 0.1) is 35.8 Å². The molecule has 0 bridgehead atoms. The predicted molar refractivity (Wildman–Crippen MR) is 187 cm³/mol. The second-order valence-corrected chi connectivity index (χ2v) is 13.1. The number of carbonyl (C=O) groups excluding carboxylic acids is 1. The first-order valence-electron chi connectivity index (χ1n) is 16.6. The second kappa shape index (κ2) is 14.1. The van der Waals surface area contributed by atoms with Crippen molar-refractivity contribution in [3.05, 3.63) is 77.0 Å². The molecule has 0 N–H and O–H groups in total. The summed E-state index contributed by atoms with van der Waals surface area (Å²) in [6.07, 6.45) is 9.19. The normalized spacial score (nSPS) is 19.6. The summed E-state index contributed by atoms with van der Waals surface area (Å²) in [6, 6.07) is 16.8. The maximum atomic E-state index is 13.4. The number of nitriles is 2. The number of imidazole rings is 1. The standard InChI is InChI=1S/C36H37ClN10O2/c1-43-15-4-7-27(43)24-49-36-41-30-23-45(31-9-3-6-25-5-2-8-29(37)34(25)31)16-11-28(30)35(42-36)46-19-20-47(26(22-46)10-13-38)33(48)12-17-44-18-14-40-32(44)21-39/h2-3,5-6,8-9,12,14,17-18,26-27H,4,7,10-11,15-16,19-20,22-24H2,1H3/b17-12+/t26-,27-/m0/s1. The second-order valence-electron chi connectivity index (χ2n) is 12.7. The molecule has 5 heterocycles. The van der Waals surface area contributed by atoms with Crippen molar-refractivity contribution in [1.82, 2.24) is 29.3 Å². The molecule has 0 radical (unpaired) electrons. The molecule has 2 aromatic heterocycles. The first kappa shape index (κ1) is 32.4. The van der Waals surface area contributed by atoms with E-state index in [0.717, 1.165) is 59.5 Å². The van der Waals surface area contributed by atoms with Gasteiger partial charge >= 0.3 is 6.01 Å². The van der Waals surface area contributed by atoms with Crippen LogP contribution < -0.4 is 14.5 Å². The number of benzene rings is 2. The van der Waals surface area contributed by atoms with Crippen LogP contribution >= 0.6 is 11.6 Å². The molecule has 1 amide bonds. The van der Waals surface area contributed by atoms with Gasteiger partial charge in [0.15, 0.2) is 0 Å². The molecule has 13 heteroatoms. The molecule has 0 unspecified atom stereocenters. The molecule has 0 saturated carbocycles. The van der Waals surface area contributed by atoms with Crippen molar-refractivity contribution in [3.8, 4) is 18.1 Å². The molecule has 2 fully saturated rings. The number of nitrogens with zero attached hydrogens (tertiary/aromatic N) is 10. The van der Waals surface area contributed by atoms with Gasteiger partial charge in [0.1, 0.15) is 18.5 Å². The number of anilines is 2. The fourth-order valence-corrected chi connectivity index (χ4v) is 7.48. The summed E-state index contributed by atoms with van der Waals surface area (Å²) in [7, 11) is 2.12. The number of likely N-dealkylation sites (N-methyl/N-ethyl adjacent to an activating group) is 1. The Balaban J connectivity index is 1.17. The van der Waals surface area contributed by atoms with Gasteiger partial charge in [-0.2, -0.15) is 20.5 Å². The van der Waals surface area contributed by atoms with Crippen LogP contribution in [0.1, 0.15) is 36.3 Å². The van der Waals surface area contributed by atoms with Crippen molar-refractivity contribution < 1.29 is 9.53 Å². The van der Waals surface area contributed by atoms with Crippen LogP contribution in [0.5, 0.6) is 6.01 Å². The van der Waals surface area contributed by atoms with Crippen molar-refractivity contribution in [2.45, 2.75) is 44.3 Å². The van der Waals surface area contributed by atoms with E-state index in [1.807, 2.05) is 18.2 Å². The minimum Gasteiger partial charge on any atom is -0.462 e. The van der Waals surface area contributed by atoms with E-state index in [1.165, 1.54) is 23.0 Å². The highest BCUT2D eigenvalue weighted by molar-refractivity contribution is 6.36. The first-order valence-corrected chi connectivity index (χ1v) is 17.0. The number of carbonyl (C=O) groups is 1. The van der Waals surface area contributed by atoms with E-state index in [4.69, 9.17) is 26.3 Å². The van der Waals surface area contributed by atoms with Crippen LogP contribution in [0.3, 0.4) is 0 Å². The number of rotatable bonds is 8. The SMILES string of the molecule is CN1CCC[C@H]1COc1nc2c(c(N3CCN(C(=O)/C=C/n4ccnc4C#N)[C@@H](CC#N)C3)n1)CCN(c1cccc3cccc(Cl)c13)C2. The van der Waals surface area contributed by atoms with Crippen molar-refractivity contribution in [2.24, 2.45) is 0 Å². The smallest absolute Gasteiger partial charge is 0.318 e. The highest BCUT2D eigenvalue weighted by Crippen LogP contribution is 2.37. The topological polar surface area (TPSA) is 130 Å². The highest BCUT2D eigenvalue weighted by atomic mass is 35.5. The third kappa shape index (κ3) is 6.62. The minimum absolute atomic E-state index is 0.171. The number of amides is 1. The van der Waals surface area contributed by atoms with Gasteiger partial charge in [0, 0.05) is 73.5 Å². The van der Waals surface area contributed by atoms with Crippen LogP contribution in [0.25, 0.3) is 17.0 Å². The molecule has 7 rings (SSSR count). The molecule has 12 nitrogen and oxygen atoms in total. The molecule has 3 aliphatic rings. The number of fused-ring (bicyclic) bond motifs is 2. The lowest BCUT2D eigenvalue weighted by molar-refractivity contribution is -0.128. The van der Waals surface area contributed by atoms with E-state index in [9.17, 15) is 15.3 Å². The Morgan fingerprint density at radius 2 is 1.94 bits per heavy atom. The number of hydrogen-bond acceptors (Lipinski definition) is 10. The maximum absolute atomic E-state index is 13.4. The molecule has 2 atom stereocenters. The predicted octanol–water partition coefficient (Wildman–Crippen LogP) is 4.49. The van der Waals surface area contributed by atoms with Gasteiger partial charge in [-0.1, -0.05) is 35.9 Å². The third-order valence-electron chi connectivity index (χ3n) is 9.81. The van der Waals surface area contributed by atoms with E-state index in [-0.39, 0.29) is 24.2 Å². The molecule has 4 aromatic rings. The number of piperazine rings is 1. The zero-order valence-corrected chi connectivity index (χ0v) is 28.1. The van der Waals surface area contributed by atoms with E-state index < -0.39 is 0 Å². The molecular weight excluding hydrogens is 640 g/mol. The van der Waals surface area contributed by atoms with Crippen molar-refractivity contribution in [3.63, 3.8) is 0 Å². The quantitative estimate of drug-likeness (QED) is 0.246. The lowest BCUT2D eigenvalue weighted by atomic mass is 10.0. The molecule has 3 aliphatic heterocycles. The summed E-state index contributed by atoms with van der Waals surface area (Å²) in [5.74, 6) is 0.769. The van der Waals surface area contributed by atoms with Crippen LogP contribution in [0.15, 0.2) is 54.9 Å². The van der Waals surface area contributed by atoms with Crippen LogP contribution in [0.2, 0.25) is 5.02 Å². The maximum Gasteiger partial charge on any atom is 0.318 e. The molecule has 0 aliphatic carbocycles. The minimum atomic E-state index is -0.353. The summed E-state index contributed by atoms with van der Waals surface area (Å²) in [6.45, 7) is 4.27. The number of hydrogen-bond donors (Lipinski definition) is 0. The summed E-state index contributed by atoms with van der Waals surface area (Å²) >= 11 is 6.73. The van der Waals surface area contributed by atoms with Gasteiger partial charge in [-0.25, -0.2) is 4.98 Å². The summed E-state index contributed by atoms with van der Waals surface area (Å²) < 4.78 is 7.82. The van der Waals surface area contributed by atoms with Gasteiger partial charge in [0.25, 0.3) is 0 Å². The number of ether oxygens (including phenoxy) is 1. The molecule has 0 spiro atoms. The summed E-state index contributed by atoms with van der Waals surface area (Å²) in [5.41, 5.74) is 3.03. The number of aromatic nitrogens is 4. The van der Waals surface area contributed by atoms with E-state index >= 15 is 0 Å². The Bertz CT molecular complexity index is 1980. The van der Waals surface area contributed by atoms with Crippen molar-refractivity contribution in [1.29, 1.82) is 10.5 Å². The third-order valence-corrected chi connectivity index (χ3v) is 10.1. The van der Waals surface area contributed by atoms with Crippen LogP contribution in [0, 0.1) is 22.7 Å². The molecule has 2 saturated heterocycles. The lowest BCUT2D eigenvalue weighted by Crippen LogP contribution is -2.55. The van der Waals surface area contributed by atoms with Gasteiger partial charge in [-0.3, -0.25) is 9.36 Å². The summed E-state index contributed by atoms with van der Waals surface area (Å²) in [4.78, 5) is 35.9. The van der Waals surface area contributed by atoms with Crippen molar-refractivity contribution >= 4 is 46.0 Å². The largest absolute Gasteiger partial charge is 0.462 e. The Morgan fingerprint density at radius 3 is 2.73 bits per heavy atom. The van der Waals surface area contributed by atoms with Gasteiger partial charge < -0.3 is 24.3 Å². The Kier molecular flexibility index (Phi) is 9.34. The molecule has 250 valence electrons. The lowest BCUT2D eigenvalue weighted by Gasteiger charge is -2.42. The zero-order chi connectivity index (χ0) is 33.9.